The van der Waals surface area contributed by atoms with E-state index in [9.17, 15) is 26.3 Å². The Bertz CT molecular complexity index is 1840. The lowest BCUT2D eigenvalue weighted by Gasteiger charge is -2.38. The zero-order valence-electron chi connectivity index (χ0n) is 43.1. The molecular weight excluding hydrogens is 871 g/mol. The molecule has 0 unspecified atom stereocenters. The van der Waals surface area contributed by atoms with Gasteiger partial charge in [0.05, 0.1) is 0 Å². The van der Waals surface area contributed by atoms with Gasteiger partial charge in [-0.15, -0.1) is 0 Å². The molecule has 6 saturated carbocycles. The molecule has 0 spiro atoms. The van der Waals surface area contributed by atoms with Gasteiger partial charge in [0.25, 0.3) is 0 Å². The molecule has 0 N–H and O–H groups in total. The van der Waals surface area contributed by atoms with Gasteiger partial charge in [0.2, 0.25) is 0 Å². The van der Waals surface area contributed by atoms with E-state index >= 15 is 0 Å². The van der Waals surface area contributed by atoms with Crippen molar-refractivity contribution >= 4 is 0 Å². The predicted molar refractivity (Wildman–Crippen MR) is 274 cm³/mol. The fourth-order valence-corrected chi connectivity index (χ4v) is 14.8. The van der Waals surface area contributed by atoms with Crippen molar-refractivity contribution in [2.75, 3.05) is 0 Å². The Balaban J connectivity index is 0.000000153. The minimum Gasteiger partial charge on any atom is -0.204 e. The topological polar surface area (TPSA) is 0 Å². The number of halogens is 6. The highest BCUT2D eigenvalue weighted by Crippen LogP contribution is 2.47. The molecule has 9 rings (SSSR count). The molecule has 0 amide bonds. The van der Waals surface area contributed by atoms with Crippen molar-refractivity contribution in [3.05, 3.63) is 106 Å². The van der Waals surface area contributed by atoms with E-state index in [1.54, 1.807) is 18.2 Å². The maximum absolute atomic E-state index is 13.5. The summed E-state index contributed by atoms with van der Waals surface area (Å²) in [6.07, 6.45) is 39.8. The van der Waals surface area contributed by atoms with E-state index in [-0.39, 0.29) is 0 Å². The maximum Gasteiger partial charge on any atom is 0.159 e. The van der Waals surface area contributed by atoms with Crippen molar-refractivity contribution in [2.24, 2.45) is 53.3 Å². The van der Waals surface area contributed by atoms with Crippen LogP contribution in [0.3, 0.4) is 0 Å². The van der Waals surface area contributed by atoms with Crippen LogP contribution in [0.1, 0.15) is 248 Å². The van der Waals surface area contributed by atoms with E-state index in [4.69, 9.17) is 0 Å². The predicted octanol–water partition coefficient (Wildman–Crippen LogP) is 20.5. The van der Waals surface area contributed by atoms with Crippen molar-refractivity contribution in [3.8, 4) is 0 Å². The Hall–Kier alpha value is -2.76. The van der Waals surface area contributed by atoms with Crippen molar-refractivity contribution in [2.45, 2.75) is 231 Å². The van der Waals surface area contributed by atoms with Gasteiger partial charge in [0.1, 0.15) is 0 Å². The van der Waals surface area contributed by atoms with E-state index < -0.39 is 34.9 Å². The number of unbranched alkanes of at least 4 members (excludes halogenated alkanes) is 2. The van der Waals surface area contributed by atoms with Gasteiger partial charge >= 0.3 is 0 Å². The van der Waals surface area contributed by atoms with Gasteiger partial charge in [-0.3, -0.25) is 0 Å². The Morgan fingerprint density at radius 3 is 0.812 bits per heavy atom. The van der Waals surface area contributed by atoms with E-state index in [2.05, 4.69) is 20.8 Å². The fraction of sp³-hybridized carbons (Fsp3) is 0.714. The average Bonchev–Trinajstić information content (AvgIpc) is 3.40. The van der Waals surface area contributed by atoms with E-state index in [1.165, 1.54) is 190 Å². The van der Waals surface area contributed by atoms with Crippen LogP contribution in [0.5, 0.6) is 0 Å². The van der Waals surface area contributed by atoms with Gasteiger partial charge in [-0.05, 0) is 240 Å². The Labute approximate surface area is 415 Å². The lowest BCUT2D eigenvalue weighted by molar-refractivity contribution is 0.155. The molecule has 6 aliphatic rings. The lowest BCUT2D eigenvalue weighted by Crippen LogP contribution is -2.25. The first-order chi connectivity index (χ1) is 33.5. The highest BCUT2D eigenvalue weighted by Gasteiger charge is 2.34. The summed E-state index contributed by atoms with van der Waals surface area (Å²) >= 11 is 0. The quantitative estimate of drug-likeness (QED) is 0.125. The van der Waals surface area contributed by atoms with Gasteiger partial charge in [0.15, 0.2) is 34.9 Å². The van der Waals surface area contributed by atoms with E-state index in [1.807, 2.05) is 0 Å². The lowest BCUT2D eigenvalue weighted by atomic mass is 9.68. The summed E-state index contributed by atoms with van der Waals surface area (Å²) in [7, 11) is 0. The van der Waals surface area contributed by atoms with Crippen LogP contribution < -0.4 is 0 Å². The molecule has 6 aliphatic carbocycles. The van der Waals surface area contributed by atoms with Crippen molar-refractivity contribution in [1.82, 2.24) is 0 Å². The smallest absolute Gasteiger partial charge is 0.159 e. The molecule has 0 radical (unpaired) electrons. The third-order valence-corrected chi connectivity index (χ3v) is 19.6. The van der Waals surface area contributed by atoms with Crippen molar-refractivity contribution in [3.63, 3.8) is 0 Å². The molecule has 3 aromatic carbocycles. The summed E-state index contributed by atoms with van der Waals surface area (Å²) in [4.78, 5) is 0. The summed E-state index contributed by atoms with van der Waals surface area (Å²) in [5.74, 6) is 5.33. The highest BCUT2D eigenvalue weighted by molar-refractivity contribution is 5.24. The maximum atomic E-state index is 13.5. The molecule has 0 heterocycles. The molecule has 3 aromatic rings. The summed E-state index contributed by atoms with van der Waals surface area (Å²) in [6.45, 7) is 6.92. The van der Waals surface area contributed by atoms with E-state index in [0.717, 1.165) is 108 Å². The average molecular weight is 961 g/mol. The van der Waals surface area contributed by atoms with Crippen molar-refractivity contribution in [1.29, 1.82) is 0 Å². The van der Waals surface area contributed by atoms with Gasteiger partial charge in [-0.2, -0.15) is 0 Å². The zero-order chi connectivity index (χ0) is 48.7. The first kappa shape index (κ1) is 54.0. The second-order valence-electron chi connectivity index (χ2n) is 23.5. The molecule has 6 fully saturated rings. The van der Waals surface area contributed by atoms with Crippen LogP contribution in [0.4, 0.5) is 26.3 Å². The molecule has 69 heavy (non-hydrogen) atoms. The molecular formula is C63H90F6. The number of benzene rings is 3. The molecule has 0 saturated heterocycles. The molecule has 0 aromatic heterocycles. The third kappa shape index (κ3) is 15.6. The molecule has 384 valence electrons. The minimum atomic E-state index is -0.731. The second kappa shape index (κ2) is 27.3. The number of rotatable bonds is 12. The summed E-state index contributed by atoms with van der Waals surface area (Å²) in [5, 5.41) is 0. The van der Waals surface area contributed by atoms with Crippen LogP contribution in [0.25, 0.3) is 0 Å². The first-order valence-electron chi connectivity index (χ1n) is 28.9. The normalized spacial score (nSPS) is 32.0. The van der Waals surface area contributed by atoms with Gasteiger partial charge in [-0.1, -0.05) is 116 Å². The summed E-state index contributed by atoms with van der Waals surface area (Å²) in [5.41, 5.74) is 2.98. The Morgan fingerprint density at radius 1 is 0.304 bits per heavy atom. The SMILES string of the molecule is CCC1CCC(C2CCC(c3ccc(F)c(F)c3)CC2)CC1.CCC1CCC(C2CCC(c3ccc(F)c(F)c3)CC2)CC1.CCCCCC1CCC(C2CCC(c3ccc(F)c(F)c3)CC2)CC1. The second-order valence-corrected chi connectivity index (χ2v) is 23.5. The monoisotopic (exact) mass is 961 g/mol. The van der Waals surface area contributed by atoms with Crippen LogP contribution >= 0.6 is 0 Å². The Kier molecular flexibility index (Phi) is 21.4. The van der Waals surface area contributed by atoms with E-state index in [0.29, 0.717) is 17.8 Å². The Morgan fingerprint density at radius 2 is 0.565 bits per heavy atom. The number of hydrogen-bond donors (Lipinski definition) is 0. The van der Waals surface area contributed by atoms with Crippen LogP contribution in [0.2, 0.25) is 0 Å². The summed E-state index contributed by atoms with van der Waals surface area (Å²) < 4.78 is 79.5. The number of hydrogen-bond acceptors (Lipinski definition) is 0. The van der Waals surface area contributed by atoms with Gasteiger partial charge in [0, 0.05) is 0 Å². The molecule has 0 bridgehead atoms. The highest BCUT2D eigenvalue weighted by atomic mass is 19.2. The van der Waals surface area contributed by atoms with Gasteiger partial charge in [-0.25, -0.2) is 26.3 Å². The van der Waals surface area contributed by atoms with Crippen LogP contribution in [0, 0.1) is 88.2 Å². The molecule has 0 atom stereocenters. The first-order valence-corrected chi connectivity index (χ1v) is 28.9. The largest absolute Gasteiger partial charge is 0.204 e. The zero-order valence-corrected chi connectivity index (χ0v) is 43.1. The molecule has 0 nitrogen and oxygen atoms in total. The van der Waals surface area contributed by atoms with Crippen molar-refractivity contribution < 1.29 is 26.3 Å². The standard InChI is InChI=1S/C23H34F2.2C20H28F2/c1-2-3-4-5-17-6-8-18(9-7-17)19-10-12-20(13-11-19)21-14-15-22(24)23(25)16-21;2*1-2-14-3-5-15(6-4-14)16-7-9-17(10-8-16)18-11-12-19(21)20(22)13-18/h14-20H,2-13H2,1H3;2*11-17H,2-10H2,1H3. The fourth-order valence-electron chi connectivity index (χ4n) is 14.8. The van der Waals surface area contributed by atoms with Crippen LogP contribution in [-0.4, -0.2) is 0 Å². The molecule has 0 aliphatic heterocycles. The van der Waals surface area contributed by atoms with Crippen LogP contribution in [0.15, 0.2) is 54.6 Å². The molecule has 6 heteroatoms. The summed E-state index contributed by atoms with van der Waals surface area (Å²) in [6, 6.07) is 13.4. The minimum absolute atomic E-state index is 0.428. The van der Waals surface area contributed by atoms with Crippen LogP contribution in [-0.2, 0) is 0 Å². The van der Waals surface area contributed by atoms with Gasteiger partial charge < -0.3 is 0 Å². The third-order valence-electron chi connectivity index (χ3n) is 19.6.